The number of benzene rings is 2. The fraction of sp³-hybridized carbons (Fsp3) is 0.304. The normalized spacial score (nSPS) is 18.3. The summed E-state index contributed by atoms with van der Waals surface area (Å²) in [5.41, 5.74) is 1.88. The topological polar surface area (TPSA) is 37.4 Å². The minimum Gasteiger partial charge on any atom is -0.380 e. The highest BCUT2D eigenvalue weighted by Crippen LogP contribution is 2.40. The number of ether oxygens (including phenoxy) is 1. The summed E-state index contributed by atoms with van der Waals surface area (Å²) >= 11 is 0. The molecule has 2 radical (unpaired) electrons. The summed E-state index contributed by atoms with van der Waals surface area (Å²) in [4.78, 5) is 6.65. The summed E-state index contributed by atoms with van der Waals surface area (Å²) < 4.78 is 44.5. The van der Waals surface area contributed by atoms with Crippen LogP contribution in [-0.4, -0.2) is 36.2 Å². The van der Waals surface area contributed by atoms with Gasteiger partial charge in [0, 0.05) is 41.3 Å². The highest BCUT2D eigenvalue weighted by Gasteiger charge is 2.49. The molecule has 2 fully saturated rings. The van der Waals surface area contributed by atoms with E-state index in [1.165, 1.54) is 6.07 Å². The smallest absolute Gasteiger partial charge is 0.380 e. The number of hydrogen-bond acceptors (Lipinski definition) is 4. The average molecular weight is 411 g/mol. The van der Waals surface area contributed by atoms with Crippen LogP contribution in [0.2, 0.25) is 0 Å². The number of likely N-dealkylation sites (tertiary alicyclic amines) is 1. The maximum atomic E-state index is 13.0. The van der Waals surface area contributed by atoms with Gasteiger partial charge in [-0.15, -0.1) is 0 Å². The van der Waals surface area contributed by atoms with Crippen LogP contribution >= 0.6 is 0 Å². The molecule has 4 nitrogen and oxygen atoms in total. The lowest BCUT2D eigenvalue weighted by molar-refractivity contribution is -0.180. The summed E-state index contributed by atoms with van der Waals surface area (Å²) in [7, 11) is 0. The van der Waals surface area contributed by atoms with Crippen molar-refractivity contribution >= 4 is 22.3 Å². The van der Waals surface area contributed by atoms with Crippen molar-refractivity contribution < 1.29 is 17.9 Å². The Bertz CT molecular complexity index is 1100. The molecule has 0 aliphatic carbocycles. The molecule has 3 heterocycles. The van der Waals surface area contributed by atoms with Crippen LogP contribution in [0, 0.1) is 18.9 Å². The quantitative estimate of drug-likeness (QED) is 0.654. The zero-order chi connectivity index (χ0) is 20.9. The van der Waals surface area contributed by atoms with E-state index in [2.05, 4.69) is 21.7 Å². The molecule has 30 heavy (non-hydrogen) atoms. The highest BCUT2D eigenvalue weighted by molar-refractivity contribution is 5.98. The molecule has 3 aromatic rings. The van der Waals surface area contributed by atoms with Crippen molar-refractivity contribution in [2.75, 3.05) is 31.6 Å². The molecule has 0 bridgehead atoms. The molecule has 0 saturated carbocycles. The van der Waals surface area contributed by atoms with Gasteiger partial charge < -0.3 is 10.1 Å². The molecule has 2 aliphatic rings. The van der Waals surface area contributed by atoms with Crippen LogP contribution in [0.1, 0.15) is 16.7 Å². The standard InChI is InChI=1S/C23H20F3N3O/c1-15-4-2-7-19-20(15)16(10-29-11-22(12-29)13-30-14-22)9-27-21(19)28-18-6-3-5-17(8-18)23(24,25)26/h2-9H,11-14H2,1H3,(H,27,28). The maximum Gasteiger partial charge on any atom is 0.416 e. The second-order valence-corrected chi connectivity index (χ2v) is 8.18. The van der Waals surface area contributed by atoms with Crippen molar-refractivity contribution in [2.24, 2.45) is 5.41 Å². The van der Waals surface area contributed by atoms with E-state index in [4.69, 9.17) is 4.74 Å². The fourth-order valence-electron chi connectivity index (χ4n) is 4.17. The Morgan fingerprint density at radius 2 is 1.90 bits per heavy atom. The third-order valence-electron chi connectivity index (χ3n) is 5.72. The maximum absolute atomic E-state index is 13.0. The van der Waals surface area contributed by atoms with Crippen LogP contribution < -0.4 is 5.32 Å². The first kappa shape index (κ1) is 19.3. The summed E-state index contributed by atoms with van der Waals surface area (Å²) in [5, 5.41) is 4.90. The first-order chi connectivity index (χ1) is 14.3. The number of aromatic nitrogens is 1. The highest BCUT2D eigenvalue weighted by atomic mass is 19.4. The van der Waals surface area contributed by atoms with Crippen molar-refractivity contribution in [1.82, 2.24) is 9.88 Å². The Hall–Kier alpha value is -2.64. The van der Waals surface area contributed by atoms with Gasteiger partial charge in [0.25, 0.3) is 0 Å². The van der Waals surface area contributed by atoms with Crippen molar-refractivity contribution in [1.29, 1.82) is 0 Å². The fourth-order valence-corrected chi connectivity index (χ4v) is 4.17. The lowest BCUT2D eigenvalue weighted by atomic mass is 9.78. The first-order valence-corrected chi connectivity index (χ1v) is 9.75. The van der Waals surface area contributed by atoms with Crippen LogP contribution in [0.3, 0.4) is 0 Å². The third-order valence-corrected chi connectivity index (χ3v) is 5.72. The molecular formula is C23H20F3N3O. The number of rotatable bonds is 4. The number of aryl methyl sites for hydroxylation is 1. The number of hydrogen-bond donors (Lipinski definition) is 1. The molecule has 0 amide bonds. The predicted molar refractivity (Wildman–Crippen MR) is 108 cm³/mol. The van der Waals surface area contributed by atoms with E-state index in [0.717, 1.165) is 60.3 Å². The van der Waals surface area contributed by atoms with Crippen molar-refractivity contribution in [3.8, 4) is 0 Å². The second-order valence-electron chi connectivity index (χ2n) is 8.18. The average Bonchev–Trinajstić information content (AvgIpc) is 2.64. The van der Waals surface area contributed by atoms with Gasteiger partial charge in [0.15, 0.2) is 0 Å². The van der Waals surface area contributed by atoms with E-state index in [-0.39, 0.29) is 5.41 Å². The van der Waals surface area contributed by atoms with Crippen LogP contribution in [0.4, 0.5) is 24.7 Å². The van der Waals surface area contributed by atoms with Gasteiger partial charge in [0.05, 0.1) is 25.3 Å². The van der Waals surface area contributed by atoms with Crippen molar-refractivity contribution in [2.45, 2.75) is 13.1 Å². The number of nitrogens with zero attached hydrogens (tertiary/aromatic N) is 2. The van der Waals surface area contributed by atoms with E-state index in [1.807, 2.05) is 25.1 Å². The number of anilines is 2. The Kier molecular flexibility index (Phi) is 4.48. The minimum atomic E-state index is -4.39. The molecule has 2 aromatic carbocycles. The zero-order valence-corrected chi connectivity index (χ0v) is 16.4. The molecule has 1 spiro atoms. The SMILES string of the molecule is Cc1cccc2c(Nc3cccc(C(F)(F)F)c3)ncc([C]N3CC4(COC4)C3)c12. The summed E-state index contributed by atoms with van der Waals surface area (Å²) in [5.74, 6) is 0.519. The lowest BCUT2D eigenvalue weighted by Gasteiger charge is -2.54. The van der Waals surface area contributed by atoms with Gasteiger partial charge >= 0.3 is 6.18 Å². The second kappa shape index (κ2) is 6.96. The molecule has 2 saturated heterocycles. The van der Waals surface area contributed by atoms with E-state index in [1.54, 1.807) is 12.3 Å². The molecule has 0 atom stereocenters. The monoisotopic (exact) mass is 411 g/mol. The van der Waals surface area contributed by atoms with Gasteiger partial charge in [-0.2, -0.15) is 13.2 Å². The van der Waals surface area contributed by atoms with Crippen LogP contribution in [-0.2, 0) is 10.9 Å². The molecule has 2 aliphatic heterocycles. The number of pyridine rings is 1. The Balaban J connectivity index is 1.45. The van der Waals surface area contributed by atoms with E-state index in [0.29, 0.717) is 11.5 Å². The molecular weight excluding hydrogens is 391 g/mol. The summed E-state index contributed by atoms with van der Waals surface area (Å²) in [6.07, 6.45) is -2.66. The van der Waals surface area contributed by atoms with Gasteiger partial charge in [-0.05, 0) is 36.1 Å². The largest absolute Gasteiger partial charge is 0.416 e. The van der Waals surface area contributed by atoms with Crippen molar-refractivity contribution in [3.05, 3.63) is 71.9 Å². The van der Waals surface area contributed by atoms with E-state index >= 15 is 0 Å². The number of halogens is 3. The van der Waals surface area contributed by atoms with E-state index in [9.17, 15) is 13.2 Å². The zero-order valence-electron chi connectivity index (χ0n) is 16.4. The first-order valence-electron chi connectivity index (χ1n) is 9.75. The number of fused-ring (bicyclic) bond motifs is 1. The Labute approximate surface area is 172 Å². The van der Waals surface area contributed by atoms with Gasteiger partial charge in [0.2, 0.25) is 0 Å². The van der Waals surface area contributed by atoms with E-state index < -0.39 is 11.7 Å². The van der Waals surface area contributed by atoms with Crippen LogP contribution in [0.25, 0.3) is 10.8 Å². The third kappa shape index (κ3) is 3.42. The molecule has 154 valence electrons. The van der Waals surface area contributed by atoms with Gasteiger partial charge in [-0.3, -0.25) is 4.90 Å². The van der Waals surface area contributed by atoms with Gasteiger partial charge in [-0.25, -0.2) is 4.98 Å². The molecule has 7 heteroatoms. The Morgan fingerprint density at radius 3 is 2.60 bits per heavy atom. The lowest BCUT2D eigenvalue weighted by Crippen LogP contribution is -2.64. The Morgan fingerprint density at radius 1 is 1.13 bits per heavy atom. The molecule has 5 rings (SSSR count). The van der Waals surface area contributed by atoms with Gasteiger partial charge in [0.1, 0.15) is 5.82 Å². The van der Waals surface area contributed by atoms with Crippen LogP contribution in [0.15, 0.2) is 48.7 Å². The molecule has 1 aromatic heterocycles. The van der Waals surface area contributed by atoms with Crippen molar-refractivity contribution in [3.63, 3.8) is 0 Å². The minimum absolute atomic E-state index is 0.288. The molecule has 1 N–H and O–H groups in total. The number of alkyl halides is 3. The number of nitrogens with one attached hydrogen (secondary N) is 1. The summed E-state index contributed by atoms with van der Waals surface area (Å²) in [6, 6.07) is 11.0. The summed E-state index contributed by atoms with van der Waals surface area (Å²) in [6.45, 7) is 8.92. The van der Waals surface area contributed by atoms with Gasteiger partial charge in [-0.1, -0.05) is 24.3 Å². The van der Waals surface area contributed by atoms with Crippen LogP contribution in [0.5, 0.6) is 0 Å². The molecule has 0 unspecified atom stereocenters. The predicted octanol–water partition coefficient (Wildman–Crippen LogP) is 5.02.